The van der Waals surface area contributed by atoms with Gasteiger partial charge in [0, 0.05) is 21.7 Å². The first kappa shape index (κ1) is 13.1. The smallest absolute Gasteiger partial charge is 0.128 e. The predicted molar refractivity (Wildman–Crippen MR) is 62.3 cm³/mol. The van der Waals surface area contributed by atoms with Gasteiger partial charge in [-0.2, -0.15) is 0 Å². The van der Waals surface area contributed by atoms with Gasteiger partial charge in [-0.05, 0) is 40.8 Å². The third-order valence-electron chi connectivity index (χ3n) is 1.61. The molecule has 1 aromatic rings. The molecule has 0 saturated heterocycles. The molecule has 0 amide bonds. The molecular weight excluding hydrogens is 305 g/mol. The lowest BCUT2D eigenvalue weighted by molar-refractivity contribution is 0.583. The van der Waals surface area contributed by atoms with E-state index in [-0.39, 0.29) is 24.8 Å². The van der Waals surface area contributed by atoms with Crippen molar-refractivity contribution in [1.29, 1.82) is 0 Å². The highest BCUT2D eigenvalue weighted by Gasteiger charge is 2.09. The van der Waals surface area contributed by atoms with Gasteiger partial charge in [0.1, 0.15) is 5.82 Å². The molecule has 0 saturated carbocycles. The SMILES string of the molecule is Cl.NC[C@H](N)c1cc(I)ccc1F. The lowest BCUT2D eigenvalue weighted by atomic mass is 10.1. The Morgan fingerprint density at radius 1 is 1.46 bits per heavy atom. The fourth-order valence-electron chi connectivity index (χ4n) is 0.926. The third-order valence-corrected chi connectivity index (χ3v) is 2.28. The van der Waals surface area contributed by atoms with Crippen LogP contribution in [0.1, 0.15) is 11.6 Å². The van der Waals surface area contributed by atoms with E-state index in [1.165, 1.54) is 6.07 Å². The number of nitrogens with two attached hydrogens (primary N) is 2. The maximum Gasteiger partial charge on any atom is 0.128 e. The minimum atomic E-state index is -0.403. The molecule has 2 nitrogen and oxygen atoms in total. The van der Waals surface area contributed by atoms with Crippen molar-refractivity contribution >= 4 is 35.0 Å². The number of benzene rings is 1. The van der Waals surface area contributed by atoms with Crippen molar-refractivity contribution in [2.45, 2.75) is 6.04 Å². The average Bonchev–Trinajstić information content (AvgIpc) is 2.08. The van der Waals surface area contributed by atoms with Gasteiger partial charge in [0.15, 0.2) is 0 Å². The van der Waals surface area contributed by atoms with Crippen molar-refractivity contribution in [2.75, 3.05) is 6.54 Å². The fourth-order valence-corrected chi connectivity index (χ4v) is 1.44. The molecular formula is C8H11ClFIN2. The molecule has 4 N–H and O–H groups in total. The zero-order valence-corrected chi connectivity index (χ0v) is 9.81. The van der Waals surface area contributed by atoms with Crippen molar-refractivity contribution in [3.05, 3.63) is 33.1 Å². The highest BCUT2D eigenvalue weighted by molar-refractivity contribution is 14.1. The largest absolute Gasteiger partial charge is 0.329 e. The Labute approximate surface area is 96.4 Å². The summed E-state index contributed by atoms with van der Waals surface area (Å²) < 4.78 is 14.0. The van der Waals surface area contributed by atoms with Gasteiger partial charge >= 0.3 is 0 Å². The lowest BCUT2D eigenvalue weighted by Crippen LogP contribution is -2.21. The summed E-state index contributed by atoms with van der Waals surface area (Å²) in [6.07, 6.45) is 0. The molecule has 0 aliphatic heterocycles. The van der Waals surface area contributed by atoms with Crippen LogP contribution in [-0.2, 0) is 0 Å². The first-order valence-electron chi connectivity index (χ1n) is 3.55. The molecule has 74 valence electrons. The van der Waals surface area contributed by atoms with Gasteiger partial charge in [-0.3, -0.25) is 0 Å². The average molecular weight is 317 g/mol. The first-order chi connectivity index (χ1) is 5.65. The molecule has 0 unspecified atom stereocenters. The van der Waals surface area contributed by atoms with Gasteiger partial charge in [-0.1, -0.05) is 0 Å². The van der Waals surface area contributed by atoms with E-state index in [0.29, 0.717) is 5.56 Å². The van der Waals surface area contributed by atoms with Crippen molar-refractivity contribution < 1.29 is 4.39 Å². The number of halogens is 3. The van der Waals surface area contributed by atoms with Crippen molar-refractivity contribution in [3.63, 3.8) is 0 Å². The summed E-state index contributed by atoms with van der Waals surface area (Å²) in [7, 11) is 0. The first-order valence-corrected chi connectivity index (χ1v) is 4.63. The molecule has 1 rings (SSSR count). The monoisotopic (exact) mass is 316 g/mol. The standard InChI is InChI=1S/C8H10FIN2.ClH/c9-7-2-1-5(10)3-6(7)8(12)4-11;/h1-3,8H,4,11-12H2;1H/t8-;/m0./s1. The van der Waals surface area contributed by atoms with Gasteiger partial charge in [0.2, 0.25) is 0 Å². The van der Waals surface area contributed by atoms with Gasteiger partial charge in [0.05, 0.1) is 0 Å². The Bertz CT molecular complexity index is 283. The molecule has 0 heterocycles. The Morgan fingerprint density at radius 2 is 2.08 bits per heavy atom. The van der Waals surface area contributed by atoms with E-state index in [2.05, 4.69) is 22.6 Å². The van der Waals surface area contributed by atoms with Crippen LogP contribution >= 0.6 is 35.0 Å². The molecule has 0 aliphatic carbocycles. The van der Waals surface area contributed by atoms with Crippen LogP contribution in [0.4, 0.5) is 4.39 Å². The Morgan fingerprint density at radius 3 is 2.62 bits per heavy atom. The van der Waals surface area contributed by atoms with E-state index < -0.39 is 6.04 Å². The van der Waals surface area contributed by atoms with Gasteiger partial charge in [-0.15, -0.1) is 12.4 Å². The van der Waals surface area contributed by atoms with Gasteiger partial charge in [-0.25, -0.2) is 4.39 Å². The summed E-state index contributed by atoms with van der Waals surface area (Å²) in [5.74, 6) is -0.284. The van der Waals surface area contributed by atoms with E-state index >= 15 is 0 Å². The second-order valence-corrected chi connectivity index (χ2v) is 3.75. The molecule has 5 heteroatoms. The van der Waals surface area contributed by atoms with Crippen LogP contribution in [0.2, 0.25) is 0 Å². The van der Waals surface area contributed by atoms with E-state index in [1.54, 1.807) is 12.1 Å². The number of hydrogen-bond acceptors (Lipinski definition) is 2. The summed E-state index contributed by atoms with van der Waals surface area (Å²) in [5.41, 5.74) is 11.4. The van der Waals surface area contributed by atoms with Gasteiger partial charge < -0.3 is 11.5 Å². The highest BCUT2D eigenvalue weighted by Crippen LogP contribution is 2.17. The topological polar surface area (TPSA) is 52.0 Å². The van der Waals surface area contributed by atoms with Crippen LogP contribution in [0.15, 0.2) is 18.2 Å². The molecule has 0 fully saturated rings. The predicted octanol–water partition coefficient (Wildman–Crippen LogP) is 1.81. The van der Waals surface area contributed by atoms with Gasteiger partial charge in [0.25, 0.3) is 0 Å². The van der Waals surface area contributed by atoms with Crippen LogP contribution in [-0.4, -0.2) is 6.54 Å². The van der Waals surface area contributed by atoms with Crippen molar-refractivity contribution in [2.24, 2.45) is 11.5 Å². The van der Waals surface area contributed by atoms with Crippen LogP contribution in [0.3, 0.4) is 0 Å². The van der Waals surface area contributed by atoms with E-state index in [1.807, 2.05) is 0 Å². The molecule has 0 aliphatic rings. The zero-order valence-electron chi connectivity index (χ0n) is 6.84. The number of rotatable bonds is 2. The maximum atomic E-state index is 13.1. The summed E-state index contributed by atoms with van der Waals surface area (Å²) >= 11 is 2.11. The van der Waals surface area contributed by atoms with Crippen LogP contribution < -0.4 is 11.5 Å². The number of hydrogen-bond donors (Lipinski definition) is 2. The molecule has 1 aromatic carbocycles. The third kappa shape index (κ3) is 3.38. The summed E-state index contributed by atoms with van der Waals surface area (Å²) in [6.45, 7) is 0.261. The zero-order chi connectivity index (χ0) is 9.14. The van der Waals surface area contributed by atoms with E-state index in [9.17, 15) is 4.39 Å². The molecule has 0 radical (unpaired) electrons. The second-order valence-electron chi connectivity index (χ2n) is 2.51. The Kier molecular flexibility index (Phi) is 5.78. The van der Waals surface area contributed by atoms with Crippen LogP contribution in [0.25, 0.3) is 0 Å². The van der Waals surface area contributed by atoms with E-state index in [0.717, 1.165) is 3.57 Å². The minimum absolute atomic E-state index is 0. The molecule has 13 heavy (non-hydrogen) atoms. The fraction of sp³-hybridized carbons (Fsp3) is 0.250. The maximum absolute atomic E-state index is 13.1. The Balaban J connectivity index is 0.00000144. The molecule has 0 aromatic heterocycles. The van der Waals surface area contributed by atoms with Crippen LogP contribution in [0, 0.1) is 9.39 Å². The Hall–Kier alpha value is 0.0900. The second kappa shape index (κ2) is 5.74. The van der Waals surface area contributed by atoms with Crippen molar-refractivity contribution in [1.82, 2.24) is 0 Å². The van der Waals surface area contributed by atoms with E-state index in [4.69, 9.17) is 11.5 Å². The summed E-state index contributed by atoms with van der Waals surface area (Å²) in [6, 6.07) is 4.42. The lowest BCUT2D eigenvalue weighted by Gasteiger charge is -2.10. The summed E-state index contributed by atoms with van der Waals surface area (Å²) in [5, 5.41) is 0. The van der Waals surface area contributed by atoms with Crippen molar-refractivity contribution in [3.8, 4) is 0 Å². The quantitative estimate of drug-likeness (QED) is 0.818. The normalized spacial score (nSPS) is 12.0. The summed E-state index contributed by atoms with van der Waals surface area (Å²) in [4.78, 5) is 0. The molecule has 1 atom stereocenters. The molecule has 0 spiro atoms. The molecule has 0 bridgehead atoms. The highest BCUT2D eigenvalue weighted by atomic mass is 127. The minimum Gasteiger partial charge on any atom is -0.329 e. The van der Waals surface area contributed by atoms with Crippen LogP contribution in [0.5, 0.6) is 0 Å².